The Bertz CT molecular complexity index is 726. The first-order chi connectivity index (χ1) is 9.44. The molecule has 0 spiro atoms. The first-order valence-corrected chi connectivity index (χ1v) is 8.10. The van der Waals surface area contributed by atoms with Gasteiger partial charge in [0.1, 0.15) is 4.90 Å². The van der Waals surface area contributed by atoms with Gasteiger partial charge in [-0.05, 0) is 24.3 Å². The van der Waals surface area contributed by atoms with E-state index in [0.717, 1.165) is 11.3 Å². The minimum atomic E-state index is -3.87. The van der Waals surface area contributed by atoms with Gasteiger partial charge in [-0.2, -0.15) is 11.3 Å². The van der Waals surface area contributed by atoms with Crippen molar-refractivity contribution >= 4 is 44.6 Å². The number of anilines is 1. The summed E-state index contributed by atoms with van der Waals surface area (Å²) in [5.74, 6) is 4.36. The Morgan fingerprint density at radius 3 is 2.45 bits per heavy atom. The number of hydrogen-bond donors (Lipinski definition) is 3. The van der Waals surface area contributed by atoms with Gasteiger partial charge in [0.2, 0.25) is 0 Å². The fourth-order valence-electron chi connectivity index (χ4n) is 1.46. The van der Waals surface area contributed by atoms with Gasteiger partial charge in [-0.3, -0.25) is 14.9 Å². The third kappa shape index (κ3) is 3.10. The number of amides is 1. The van der Waals surface area contributed by atoms with E-state index in [-0.39, 0.29) is 10.5 Å². The predicted octanol–water partition coefficient (Wildman–Crippen LogP) is 1.81. The van der Waals surface area contributed by atoms with E-state index in [2.05, 4.69) is 4.72 Å². The number of nitrogens with one attached hydrogen (secondary N) is 2. The summed E-state index contributed by atoms with van der Waals surface area (Å²) in [5, 5.41) is 3.27. The van der Waals surface area contributed by atoms with E-state index in [1.165, 1.54) is 22.9 Å². The molecule has 0 fully saturated rings. The molecular weight excluding hydrogens is 322 g/mol. The Morgan fingerprint density at radius 1 is 1.20 bits per heavy atom. The molecule has 1 amide bonds. The molecule has 0 saturated carbocycles. The van der Waals surface area contributed by atoms with Crippen molar-refractivity contribution in [3.05, 3.63) is 45.6 Å². The molecule has 0 aliphatic heterocycles. The van der Waals surface area contributed by atoms with Crippen LogP contribution in [-0.4, -0.2) is 14.3 Å². The van der Waals surface area contributed by atoms with E-state index in [4.69, 9.17) is 17.4 Å². The number of hydrogen-bond acceptors (Lipinski definition) is 5. The normalized spacial score (nSPS) is 11.1. The molecule has 0 bridgehead atoms. The second kappa shape index (κ2) is 5.80. The molecule has 0 unspecified atom stereocenters. The number of carbonyl (C=O) groups excluding carboxylic acids is 1. The second-order valence-electron chi connectivity index (χ2n) is 3.74. The van der Waals surface area contributed by atoms with Gasteiger partial charge in [0.25, 0.3) is 15.9 Å². The molecule has 6 nitrogen and oxygen atoms in total. The summed E-state index contributed by atoms with van der Waals surface area (Å²) in [7, 11) is -3.87. The van der Waals surface area contributed by atoms with Crippen molar-refractivity contribution in [1.29, 1.82) is 0 Å². The summed E-state index contributed by atoms with van der Waals surface area (Å²) in [4.78, 5) is 11.4. The molecular formula is C11H10ClN3O3S2. The number of thiophene rings is 1. The van der Waals surface area contributed by atoms with E-state index in [1.54, 1.807) is 12.1 Å². The van der Waals surface area contributed by atoms with Crippen LogP contribution in [0.15, 0.2) is 39.9 Å². The lowest BCUT2D eigenvalue weighted by Gasteiger charge is -2.08. The zero-order valence-corrected chi connectivity index (χ0v) is 12.3. The Morgan fingerprint density at radius 2 is 1.85 bits per heavy atom. The number of benzene rings is 1. The van der Waals surface area contributed by atoms with Crippen molar-refractivity contribution in [3.63, 3.8) is 0 Å². The third-order valence-corrected chi connectivity index (χ3v) is 4.95. The van der Waals surface area contributed by atoms with Gasteiger partial charge in [-0.15, -0.1) is 0 Å². The fraction of sp³-hybridized carbons (Fsp3) is 0. The van der Waals surface area contributed by atoms with Gasteiger partial charge in [0, 0.05) is 21.5 Å². The van der Waals surface area contributed by atoms with Crippen molar-refractivity contribution < 1.29 is 13.2 Å². The van der Waals surface area contributed by atoms with Crippen LogP contribution in [0.25, 0.3) is 0 Å². The number of nitrogens with two attached hydrogens (primary N) is 1. The molecule has 106 valence electrons. The van der Waals surface area contributed by atoms with Gasteiger partial charge in [0.15, 0.2) is 0 Å². The molecule has 0 saturated heterocycles. The molecule has 0 aliphatic carbocycles. The minimum absolute atomic E-state index is 0.000960. The minimum Gasteiger partial charge on any atom is -0.290 e. The summed E-state index contributed by atoms with van der Waals surface area (Å²) in [6, 6.07) is 6.16. The predicted molar refractivity (Wildman–Crippen MR) is 78.2 cm³/mol. The first kappa shape index (κ1) is 14.8. The highest BCUT2D eigenvalue weighted by Crippen LogP contribution is 2.24. The van der Waals surface area contributed by atoms with E-state index in [1.807, 2.05) is 5.43 Å². The summed E-state index contributed by atoms with van der Waals surface area (Å²) in [6.45, 7) is 0. The number of nitrogen functional groups attached to an aromatic ring is 1. The lowest BCUT2D eigenvalue weighted by atomic mass is 10.3. The fourth-order valence-corrected chi connectivity index (χ4v) is 4.02. The maximum atomic E-state index is 12.2. The molecule has 0 aliphatic rings. The topological polar surface area (TPSA) is 101 Å². The molecule has 2 aromatic rings. The van der Waals surface area contributed by atoms with Gasteiger partial charge < -0.3 is 0 Å². The first-order valence-electron chi connectivity index (χ1n) is 5.29. The Labute approximate surface area is 124 Å². The van der Waals surface area contributed by atoms with E-state index in [0.29, 0.717) is 10.7 Å². The second-order valence-corrected chi connectivity index (χ2v) is 6.57. The number of halogens is 1. The van der Waals surface area contributed by atoms with Crippen molar-refractivity contribution in [3.8, 4) is 0 Å². The summed E-state index contributed by atoms with van der Waals surface area (Å²) >= 11 is 6.82. The van der Waals surface area contributed by atoms with E-state index < -0.39 is 15.9 Å². The van der Waals surface area contributed by atoms with Crippen molar-refractivity contribution in [2.75, 3.05) is 4.72 Å². The van der Waals surface area contributed by atoms with Gasteiger partial charge >= 0.3 is 0 Å². The Hall–Kier alpha value is -1.61. The van der Waals surface area contributed by atoms with Crippen LogP contribution in [-0.2, 0) is 10.0 Å². The molecule has 9 heteroatoms. The van der Waals surface area contributed by atoms with Crippen LogP contribution in [0.5, 0.6) is 0 Å². The zero-order valence-electron chi connectivity index (χ0n) is 9.96. The Kier molecular flexibility index (Phi) is 4.29. The van der Waals surface area contributed by atoms with Gasteiger partial charge in [0.05, 0.1) is 5.56 Å². The molecule has 0 radical (unpaired) electrons. The molecule has 20 heavy (non-hydrogen) atoms. The van der Waals surface area contributed by atoms with Crippen LogP contribution in [0.3, 0.4) is 0 Å². The molecule has 4 N–H and O–H groups in total. The summed E-state index contributed by atoms with van der Waals surface area (Å²) in [6.07, 6.45) is 0. The van der Waals surface area contributed by atoms with Crippen molar-refractivity contribution in [2.45, 2.75) is 4.90 Å². The molecule has 1 heterocycles. The Balaban J connectivity index is 2.34. The maximum absolute atomic E-state index is 12.2. The van der Waals surface area contributed by atoms with Crippen LogP contribution in [0.2, 0.25) is 5.02 Å². The van der Waals surface area contributed by atoms with Crippen molar-refractivity contribution in [1.82, 2.24) is 5.43 Å². The highest BCUT2D eigenvalue weighted by molar-refractivity contribution is 7.93. The molecule has 1 aromatic heterocycles. The monoisotopic (exact) mass is 331 g/mol. The molecule has 1 aromatic carbocycles. The van der Waals surface area contributed by atoms with Crippen LogP contribution < -0.4 is 16.0 Å². The van der Waals surface area contributed by atoms with Crippen molar-refractivity contribution in [2.24, 2.45) is 5.84 Å². The van der Waals surface area contributed by atoms with Crippen LogP contribution >= 0.6 is 22.9 Å². The lowest BCUT2D eigenvalue weighted by molar-refractivity contribution is 0.0951. The quantitative estimate of drug-likeness (QED) is 0.451. The zero-order chi connectivity index (χ0) is 14.8. The van der Waals surface area contributed by atoms with Crippen LogP contribution in [0.4, 0.5) is 5.69 Å². The maximum Gasteiger partial charge on any atom is 0.267 e. The summed E-state index contributed by atoms with van der Waals surface area (Å²) in [5.41, 5.74) is 2.26. The highest BCUT2D eigenvalue weighted by atomic mass is 35.5. The standard InChI is InChI=1S/C11H10ClN3O3S2/c12-7-1-3-8(4-2-7)15-20(17,18)10-6-19-5-9(10)11(16)14-13/h1-6,15H,13H2,(H,14,16). The summed E-state index contributed by atoms with van der Waals surface area (Å²) < 4.78 is 26.8. The van der Waals surface area contributed by atoms with E-state index in [9.17, 15) is 13.2 Å². The average molecular weight is 332 g/mol. The highest BCUT2D eigenvalue weighted by Gasteiger charge is 2.23. The third-order valence-electron chi connectivity index (χ3n) is 2.39. The van der Waals surface area contributed by atoms with E-state index >= 15 is 0 Å². The number of carbonyl (C=O) groups is 1. The molecule has 0 atom stereocenters. The van der Waals surface area contributed by atoms with Gasteiger partial charge in [-0.25, -0.2) is 14.3 Å². The molecule has 2 rings (SSSR count). The lowest BCUT2D eigenvalue weighted by Crippen LogP contribution is -2.31. The number of sulfonamides is 1. The number of rotatable bonds is 4. The average Bonchev–Trinajstić information content (AvgIpc) is 2.90. The SMILES string of the molecule is NNC(=O)c1cscc1S(=O)(=O)Nc1ccc(Cl)cc1. The van der Waals surface area contributed by atoms with Gasteiger partial charge in [-0.1, -0.05) is 11.6 Å². The van der Waals surface area contributed by atoms with Crippen LogP contribution in [0, 0.1) is 0 Å². The largest absolute Gasteiger partial charge is 0.290 e. The number of hydrazine groups is 1. The van der Waals surface area contributed by atoms with Crippen LogP contribution in [0.1, 0.15) is 10.4 Å². The smallest absolute Gasteiger partial charge is 0.267 e.